The third-order valence-corrected chi connectivity index (χ3v) is 3.90. The van der Waals surface area contributed by atoms with E-state index in [2.05, 4.69) is 19.2 Å². The van der Waals surface area contributed by atoms with Gasteiger partial charge in [0.2, 0.25) is 0 Å². The molecule has 0 aliphatic rings. The topological polar surface area (TPSA) is 62.1 Å². The summed E-state index contributed by atoms with van der Waals surface area (Å²) in [6.07, 6.45) is 2.47. The van der Waals surface area contributed by atoms with Gasteiger partial charge in [0.1, 0.15) is 17.4 Å². The van der Waals surface area contributed by atoms with Crippen molar-refractivity contribution >= 4 is 12.0 Å². The number of ether oxygens (including phenoxy) is 1. The molecule has 0 aliphatic heterocycles. The van der Waals surface area contributed by atoms with Crippen molar-refractivity contribution in [2.45, 2.75) is 53.0 Å². The third-order valence-electron chi connectivity index (χ3n) is 3.90. The van der Waals surface area contributed by atoms with Gasteiger partial charge in [-0.25, -0.2) is 0 Å². The van der Waals surface area contributed by atoms with Gasteiger partial charge in [0, 0.05) is 6.04 Å². The van der Waals surface area contributed by atoms with E-state index in [1.807, 2.05) is 39.0 Å². The van der Waals surface area contributed by atoms with Crippen LogP contribution in [0.5, 0.6) is 5.75 Å². The van der Waals surface area contributed by atoms with Crippen molar-refractivity contribution in [3.8, 4) is 11.8 Å². The first kappa shape index (κ1) is 18.8. The smallest absolute Gasteiger partial charge is 0.262 e. The molecular formula is C19H26N2O2. The molecule has 0 spiro atoms. The maximum atomic E-state index is 12.2. The number of rotatable bonds is 6. The first-order chi connectivity index (χ1) is 10.8. The Balaban J connectivity index is 3.26. The molecule has 1 atom stereocenters. The molecule has 4 heteroatoms. The van der Waals surface area contributed by atoms with E-state index < -0.39 is 0 Å². The van der Waals surface area contributed by atoms with Gasteiger partial charge in [-0.2, -0.15) is 5.26 Å². The summed E-state index contributed by atoms with van der Waals surface area (Å²) in [5.74, 6) is 0.789. The molecule has 1 aromatic rings. The normalized spacial score (nSPS) is 12.7. The van der Waals surface area contributed by atoms with Gasteiger partial charge in [0.15, 0.2) is 0 Å². The lowest BCUT2D eigenvalue weighted by Gasteiger charge is -2.15. The molecule has 0 fully saturated rings. The van der Waals surface area contributed by atoms with E-state index in [0.29, 0.717) is 0 Å². The first-order valence-electron chi connectivity index (χ1n) is 7.95. The maximum Gasteiger partial charge on any atom is 0.262 e. The number of hydrogen-bond donors (Lipinski definition) is 1. The summed E-state index contributed by atoms with van der Waals surface area (Å²) in [4.78, 5) is 12.2. The molecular weight excluding hydrogens is 288 g/mol. The van der Waals surface area contributed by atoms with Gasteiger partial charge in [-0.05, 0) is 61.1 Å². The quantitative estimate of drug-likeness (QED) is 0.639. The van der Waals surface area contributed by atoms with Crippen LogP contribution in [0.25, 0.3) is 6.08 Å². The van der Waals surface area contributed by atoms with Crippen molar-refractivity contribution in [3.63, 3.8) is 0 Å². The number of nitriles is 1. The van der Waals surface area contributed by atoms with Crippen molar-refractivity contribution in [2.24, 2.45) is 0 Å². The number of carbonyl (C=O) groups is 1. The second-order valence-electron chi connectivity index (χ2n) is 6.06. The van der Waals surface area contributed by atoms with E-state index >= 15 is 0 Å². The van der Waals surface area contributed by atoms with E-state index in [4.69, 9.17) is 4.74 Å². The highest BCUT2D eigenvalue weighted by Crippen LogP contribution is 2.30. The van der Waals surface area contributed by atoms with E-state index in [0.717, 1.165) is 28.9 Å². The van der Waals surface area contributed by atoms with Crippen LogP contribution in [0.15, 0.2) is 17.7 Å². The Morgan fingerprint density at radius 1 is 1.39 bits per heavy atom. The van der Waals surface area contributed by atoms with Gasteiger partial charge in [-0.15, -0.1) is 0 Å². The fourth-order valence-corrected chi connectivity index (χ4v) is 2.21. The molecule has 1 aromatic carbocycles. The van der Waals surface area contributed by atoms with Gasteiger partial charge < -0.3 is 10.1 Å². The van der Waals surface area contributed by atoms with Crippen LogP contribution in [0.3, 0.4) is 0 Å². The van der Waals surface area contributed by atoms with Gasteiger partial charge >= 0.3 is 0 Å². The first-order valence-corrected chi connectivity index (χ1v) is 7.95. The number of hydrogen-bond acceptors (Lipinski definition) is 3. The van der Waals surface area contributed by atoms with Gasteiger partial charge in [0.05, 0.1) is 7.11 Å². The second kappa shape index (κ2) is 8.38. The molecule has 124 valence electrons. The van der Waals surface area contributed by atoms with Crippen molar-refractivity contribution < 1.29 is 9.53 Å². The zero-order valence-electron chi connectivity index (χ0n) is 14.9. The van der Waals surface area contributed by atoms with Gasteiger partial charge in [-0.3, -0.25) is 4.79 Å². The Morgan fingerprint density at radius 3 is 2.52 bits per heavy atom. The molecule has 0 bridgehead atoms. The molecule has 0 saturated carbocycles. The van der Waals surface area contributed by atoms with Crippen LogP contribution >= 0.6 is 0 Å². The SMILES string of the molecule is CC[C@H](C)NC(=O)/C(C#N)=C/c1cc(C(C)C)c(OC)cc1C. The van der Waals surface area contributed by atoms with Crippen molar-refractivity contribution in [1.82, 2.24) is 5.32 Å². The van der Waals surface area contributed by atoms with E-state index in [1.54, 1.807) is 13.2 Å². The Kier molecular flexibility index (Phi) is 6.84. The zero-order chi connectivity index (χ0) is 17.6. The largest absolute Gasteiger partial charge is 0.496 e. The molecule has 0 radical (unpaired) electrons. The molecule has 0 saturated heterocycles. The lowest BCUT2D eigenvalue weighted by molar-refractivity contribution is -0.117. The van der Waals surface area contributed by atoms with E-state index in [1.165, 1.54) is 0 Å². The predicted octanol–water partition coefficient (Wildman–Crippen LogP) is 3.95. The maximum absolute atomic E-state index is 12.2. The molecule has 0 unspecified atom stereocenters. The minimum Gasteiger partial charge on any atom is -0.496 e. The minimum atomic E-state index is -0.330. The monoisotopic (exact) mass is 314 g/mol. The summed E-state index contributed by atoms with van der Waals surface area (Å²) in [6.45, 7) is 10.0. The Hall–Kier alpha value is -2.28. The molecule has 4 nitrogen and oxygen atoms in total. The standard InChI is InChI=1S/C19H26N2O2/c1-7-14(5)21-19(22)16(11-20)9-15-10-17(12(2)3)18(23-6)8-13(15)4/h8-10,12,14H,7H2,1-6H3,(H,21,22)/b16-9+/t14-/m0/s1. The van der Waals surface area contributed by atoms with Crippen LogP contribution in [0, 0.1) is 18.3 Å². The number of nitrogens with one attached hydrogen (secondary N) is 1. The van der Waals surface area contributed by atoms with Crippen LogP contribution < -0.4 is 10.1 Å². The fraction of sp³-hybridized carbons (Fsp3) is 0.474. The highest BCUT2D eigenvalue weighted by molar-refractivity contribution is 6.02. The second-order valence-corrected chi connectivity index (χ2v) is 6.06. The summed E-state index contributed by atoms with van der Waals surface area (Å²) in [6, 6.07) is 5.99. The number of benzene rings is 1. The van der Waals surface area contributed by atoms with Crippen LogP contribution in [-0.4, -0.2) is 19.1 Å². The van der Waals surface area contributed by atoms with Crippen LogP contribution in [0.1, 0.15) is 56.7 Å². The highest BCUT2D eigenvalue weighted by atomic mass is 16.5. The predicted molar refractivity (Wildman–Crippen MR) is 93.3 cm³/mol. The number of carbonyl (C=O) groups excluding carboxylic acids is 1. The van der Waals surface area contributed by atoms with Gasteiger partial charge in [0.25, 0.3) is 5.91 Å². The molecule has 0 aromatic heterocycles. The fourth-order valence-electron chi connectivity index (χ4n) is 2.21. The summed E-state index contributed by atoms with van der Waals surface area (Å²) >= 11 is 0. The van der Waals surface area contributed by atoms with E-state index in [9.17, 15) is 10.1 Å². The molecule has 1 N–H and O–H groups in total. The summed E-state index contributed by atoms with van der Waals surface area (Å²) in [5.41, 5.74) is 3.01. The molecule has 23 heavy (non-hydrogen) atoms. The lowest BCUT2D eigenvalue weighted by Crippen LogP contribution is -2.32. The molecule has 1 rings (SSSR count). The Labute approximate surface area is 139 Å². The molecule has 0 aliphatic carbocycles. The van der Waals surface area contributed by atoms with Crippen molar-refractivity contribution in [2.75, 3.05) is 7.11 Å². The number of amides is 1. The van der Waals surface area contributed by atoms with Crippen molar-refractivity contribution in [3.05, 3.63) is 34.4 Å². The molecule has 0 heterocycles. The number of nitrogens with zero attached hydrogens (tertiary/aromatic N) is 1. The van der Waals surface area contributed by atoms with Crippen LogP contribution in [-0.2, 0) is 4.79 Å². The van der Waals surface area contributed by atoms with Crippen molar-refractivity contribution in [1.29, 1.82) is 5.26 Å². The summed E-state index contributed by atoms with van der Waals surface area (Å²) in [5, 5.41) is 12.1. The Bertz CT molecular complexity index is 640. The lowest BCUT2D eigenvalue weighted by atomic mass is 9.95. The average molecular weight is 314 g/mol. The molecule has 1 amide bonds. The summed E-state index contributed by atoms with van der Waals surface area (Å²) in [7, 11) is 1.65. The third kappa shape index (κ3) is 4.85. The summed E-state index contributed by atoms with van der Waals surface area (Å²) < 4.78 is 5.42. The number of aryl methyl sites for hydroxylation is 1. The number of methoxy groups -OCH3 is 1. The van der Waals surface area contributed by atoms with Crippen LogP contribution in [0.4, 0.5) is 0 Å². The Morgan fingerprint density at radius 2 is 2.04 bits per heavy atom. The minimum absolute atomic E-state index is 0.0439. The average Bonchev–Trinajstić information content (AvgIpc) is 2.52. The zero-order valence-corrected chi connectivity index (χ0v) is 14.9. The highest BCUT2D eigenvalue weighted by Gasteiger charge is 2.14. The van der Waals surface area contributed by atoms with E-state index in [-0.39, 0.29) is 23.4 Å². The van der Waals surface area contributed by atoms with Crippen LogP contribution in [0.2, 0.25) is 0 Å². The van der Waals surface area contributed by atoms with Gasteiger partial charge in [-0.1, -0.05) is 20.8 Å².